The molecular weight excluding hydrogens is 188 g/mol. The lowest BCUT2D eigenvalue weighted by Gasteiger charge is -2.23. The van der Waals surface area contributed by atoms with Gasteiger partial charge in [0, 0.05) is 18.6 Å². The first-order valence-corrected chi connectivity index (χ1v) is 6.21. The maximum atomic E-state index is 11.9. The van der Waals surface area contributed by atoms with Crippen molar-refractivity contribution in [3.8, 4) is 0 Å². The SMILES string of the molecule is CCCN(C(=O)CNC(C)CC)C1CC1. The van der Waals surface area contributed by atoms with Gasteiger partial charge in [-0.05, 0) is 32.6 Å². The summed E-state index contributed by atoms with van der Waals surface area (Å²) in [5.41, 5.74) is 0. The van der Waals surface area contributed by atoms with Crippen molar-refractivity contribution in [3.05, 3.63) is 0 Å². The minimum atomic E-state index is 0.277. The lowest BCUT2D eigenvalue weighted by molar-refractivity contribution is -0.131. The fraction of sp³-hybridized carbons (Fsp3) is 0.917. The summed E-state index contributed by atoms with van der Waals surface area (Å²) in [5.74, 6) is 0.277. The summed E-state index contributed by atoms with van der Waals surface area (Å²) in [7, 11) is 0. The van der Waals surface area contributed by atoms with Gasteiger partial charge in [0.15, 0.2) is 0 Å². The summed E-state index contributed by atoms with van der Waals surface area (Å²) in [6, 6.07) is 0.993. The van der Waals surface area contributed by atoms with Crippen LogP contribution in [0.25, 0.3) is 0 Å². The lowest BCUT2D eigenvalue weighted by atomic mass is 10.2. The van der Waals surface area contributed by atoms with Gasteiger partial charge in [-0.1, -0.05) is 13.8 Å². The predicted octanol–water partition coefficient (Wildman–Crippen LogP) is 1.78. The monoisotopic (exact) mass is 212 g/mol. The summed E-state index contributed by atoms with van der Waals surface area (Å²) in [6.45, 7) is 7.81. The number of nitrogens with zero attached hydrogens (tertiary/aromatic N) is 1. The van der Waals surface area contributed by atoms with Crippen LogP contribution >= 0.6 is 0 Å². The van der Waals surface area contributed by atoms with Crippen molar-refractivity contribution in [2.45, 2.75) is 58.5 Å². The van der Waals surface area contributed by atoms with Gasteiger partial charge in [-0.3, -0.25) is 4.79 Å². The van der Waals surface area contributed by atoms with E-state index in [0.717, 1.165) is 19.4 Å². The van der Waals surface area contributed by atoms with Crippen LogP contribution in [0.2, 0.25) is 0 Å². The molecule has 1 saturated carbocycles. The smallest absolute Gasteiger partial charge is 0.236 e. The second kappa shape index (κ2) is 6.11. The van der Waals surface area contributed by atoms with Crippen molar-refractivity contribution in [3.63, 3.8) is 0 Å². The van der Waals surface area contributed by atoms with Gasteiger partial charge in [0.05, 0.1) is 6.54 Å². The molecule has 1 aliphatic rings. The molecule has 0 aromatic rings. The number of amides is 1. The molecule has 0 radical (unpaired) electrons. The Kier molecular flexibility index (Phi) is 5.09. The molecule has 1 rings (SSSR count). The highest BCUT2D eigenvalue weighted by atomic mass is 16.2. The van der Waals surface area contributed by atoms with E-state index < -0.39 is 0 Å². The van der Waals surface area contributed by atoms with Crippen LogP contribution < -0.4 is 5.32 Å². The Labute approximate surface area is 93.2 Å². The molecular formula is C12H24N2O. The van der Waals surface area contributed by atoms with Crippen molar-refractivity contribution >= 4 is 5.91 Å². The van der Waals surface area contributed by atoms with Crippen LogP contribution in [0.15, 0.2) is 0 Å². The first-order chi connectivity index (χ1) is 7.19. The van der Waals surface area contributed by atoms with Crippen LogP contribution in [-0.2, 0) is 4.79 Å². The van der Waals surface area contributed by atoms with Gasteiger partial charge in [0.25, 0.3) is 0 Å². The van der Waals surface area contributed by atoms with E-state index in [-0.39, 0.29) is 5.91 Å². The van der Waals surface area contributed by atoms with Gasteiger partial charge in [0.2, 0.25) is 5.91 Å². The van der Waals surface area contributed by atoms with E-state index in [2.05, 4.69) is 31.0 Å². The quantitative estimate of drug-likeness (QED) is 0.697. The van der Waals surface area contributed by atoms with Crippen LogP contribution in [0.3, 0.4) is 0 Å². The van der Waals surface area contributed by atoms with Gasteiger partial charge in [-0.25, -0.2) is 0 Å². The molecule has 1 N–H and O–H groups in total. The molecule has 88 valence electrons. The van der Waals surface area contributed by atoms with Crippen LogP contribution in [0.1, 0.15) is 46.5 Å². The Morgan fingerprint density at radius 2 is 2.13 bits per heavy atom. The molecule has 3 heteroatoms. The molecule has 0 aromatic carbocycles. The third-order valence-electron chi connectivity index (χ3n) is 2.99. The Bertz CT molecular complexity index is 202. The zero-order chi connectivity index (χ0) is 11.3. The summed E-state index contributed by atoms with van der Waals surface area (Å²) in [6.07, 6.45) is 4.54. The second-order valence-corrected chi connectivity index (χ2v) is 4.51. The molecule has 0 bridgehead atoms. The highest BCUT2D eigenvalue weighted by Crippen LogP contribution is 2.26. The van der Waals surface area contributed by atoms with Gasteiger partial charge < -0.3 is 10.2 Å². The van der Waals surface area contributed by atoms with Crippen molar-refractivity contribution in [1.82, 2.24) is 10.2 Å². The zero-order valence-corrected chi connectivity index (χ0v) is 10.3. The fourth-order valence-corrected chi connectivity index (χ4v) is 1.65. The van der Waals surface area contributed by atoms with E-state index in [1.165, 1.54) is 12.8 Å². The Morgan fingerprint density at radius 1 is 1.47 bits per heavy atom. The predicted molar refractivity (Wildman–Crippen MR) is 62.8 cm³/mol. The van der Waals surface area contributed by atoms with E-state index in [4.69, 9.17) is 0 Å². The maximum absolute atomic E-state index is 11.9. The number of carbonyl (C=O) groups excluding carboxylic acids is 1. The minimum Gasteiger partial charge on any atom is -0.339 e. The van der Waals surface area contributed by atoms with Gasteiger partial charge in [-0.15, -0.1) is 0 Å². The van der Waals surface area contributed by atoms with Crippen LogP contribution in [0.5, 0.6) is 0 Å². The first-order valence-electron chi connectivity index (χ1n) is 6.21. The molecule has 0 heterocycles. The molecule has 1 fully saturated rings. The van der Waals surface area contributed by atoms with E-state index in [1.54, 1.807) is 0 Å². The summed E-state index contributed by atoms with van der Waals surface area (Å²) < 4.78 is 0. The molecule has 0 saturated heterocycles. The van der Waals surface area contributed by atoms with Crippen LogP contribution in [-0.4, -0.2) is 36.0 Å². The van der Waals surface area contributed by atoms with E-state index >= 15 is 0 Å². The van der Waals surface area contributed by atoms with Crippen LogP contribution in [0, 0.1) is 0 Å². The molecule has 1 amide bonds. The Hall–Kier alpha value is -0.570. The minimum absolute atomic E-state index is 0.277. The number of rotatable bonds is 7. The van der Waals surface area contributed by atoms with Crippen molar-refractivity contribution in [2.75, 3.05) is 13.1 Å². The normalized spacial score (nSPS) is 17.5. The van der Waals surface area contributed by atoms with Crippen LogP contribution in [0.4, 0.5) is 0 Å². The van der Waals surface area contributed by atoms with Crippen molar-refractivity contribution in [2.24, 2.45) is 0 Å². The number of hydrogen-bond donors (Lipinski definition) is 1. The number of nitrogens with one attached hydrogen (secondary N) is 1. The third-order valence-corrected chi connectivity index (χ3v) is 2.99. The molecule has 1 aliphatic carbocycles. The second-order valence-electron chi connectivity index (χ2n) is 4.51. The Balaban J connectivity index is 2.29. The molecule has 0 spiro atoms. The van der Waals surface area contributed by atoms with Crippen molar-refractivity contribution < 1.29 is 4.79 Å². The largest absolute Gasteiger partial charge is 0.339 e. The highest BCUT2D eigenvalue weighted by molar-refractivity contribution is 5.78. The lowest BCUT2D eigenvalue weighted by Crippen LogP contribution is -2.42. The topological polar surface area (TPSA) is 32.3 Å². The maximum Gasteiger partial charge on any atom is 0.236 e. The fourth-order valence-electron chi connectivity index (χ4n) is 1.65. The third kappa shape index (κ3) is 4.20. The average molecular weight is 212 g/mol. The average Bonchev–Trinajstić information content (AvgIpc) is 3.05. The van der Waals surface area contributed by atoms with Crippen molar-refractivity contribution in [1.29, 1.82) is 0 Å². The Morgan fingerprint density at radius 3 is 2.60 bits per heavy atom. The molecule has 0 aromatic heterocycles. The van der Waals surface area contributed by atoms with E-state index in [1.807, 2.05) is 0 Å². The molecule has 0 aliphatic heterocycles. The molecule has 15 heavy (non-hydrogen) atoms. The summed E-state index contributed by atoms with van der Waals surface area (Å²) >= 11 is 0. The summed E-state index contributed by atoms with van der Waals surface area (Å²) in [5, 5.41) is 3.26. The van der Waals surface area contributed by atoms with Gasteiger partial charge >= 0.3 is 0 Å². The zero-order valence-electron chi connectivity index (χ0n) is 10.3. The van der Waals surface area contributed by atoms with Gasteiger partial charge in [-0.2, -0.15) is 0 Å². The highest BCUT2D eigenvalue weighted by Gasteiger charge is 2.31. The standard InChI is InChI=1S/C12H24N2O/c1-4-8-14(11-6-7-11)12(15)9-13-10(3)5-2/h10-11,13H,4-9H2,1-3H3. The summed E-state index contributed by atoms with van der Waals surface area (Å²) in [4.78, 5) is 13.9. The van der Waals surface area contributed by atoms with E-state index in [9.17, 15) is 4.79 Å². The number of carbonyl (C=O) groups is 1. The van der Waals surface area contributed by atoms with E-state index in [0.29, 0.717) is 18.6 Å². The number of hydrogen-bond acceptors (Lipinski definition) is 2. The van der Waals surface area contributed by atoms with Gasteiger partial charge in [0.1, 0.15) is 0 Å². The first kappa shape index (κ1) is 12.5. The molecule has 1 atom stereocenters. The molecule has 3 nitrogen and oxygen atoms in total. The molecule has 1 unspecified atom stereocenters.